The summed E-state index contributed by atoms with van der Waals surface area (Å²) in [6, 6.07) is 22.9. The maximum absolute atomic E-state index is 5.91. The molecule has 4 aromatic rings. The van der Waals surface area contributed by atoms with Crippen LogP contribution in [-0.4, -0.2) is 14.7 Å². The van der Waals surface area contributed by atoms with Crippen LogP contribution in [0, 0.1) is 20.8 Å². The van der Waals surface area contributed by atoms with Gasteiger partial charge in [0.05, 0.1) is 23.5 Å². The molecule has 2 aromatic heterocycles. The maximum Gasteiger partial charge on any atom is 0.174 e. The fraction of sp³-hybridized carbons (Fsp3) is 0.185. The number of hydrogen-bond acceptors (Lipinski definition) is 2. The van der Waals surface area contributed by atoms with Crippen molar-refractivity contribution in [1.82, 2.24) is 14.9 Å². The largest absolute Gasteiger partial charge is 0.351 e. The molecule has 2 aromatic carbocycles. The van der Waals surface area contributed by atoms with Gasteiger partial charge in [-0.3, -0.25) is 4.98 Å². The molecule has 0 saturated carbocycles. The summed E-state index contributed by atoms with van der Waals surface area (Å²) in [5.41, 5.74) is 7.89. The average Bonchev–Trinajstić information content (AvgIpc) is 3.32. The molecule has 0 bridgehead atoms. The van der Waals surface area contributed by atoms with Gasteiger partial charge in [0.25, 0.3) is 0 Å². The van der Waals surface area contributed by atoms with Gasteiger partial charge in [-0.25, -0.2) is 0 Å². The Bertz CT molecular complexity index is 1380. The molecule has 34 heavy (non-hydrogen) atoms. The molecule has 0 unspecified atom stereocenters. The van der Waals surface area contributed by atoms with E-state index in [9.17, 15) is 0 Å². The maximum atomic E-state index is 5.91. The van der Waals surface area contributed by atoms with Crippen LogP contribution in [0.4, 0.5) is 5.69 Å². The molecule has 1 N–H and O–H groups in total. The summed E-state index contributed by atoms with van der Waals surface area (Å²) in [6.45, 7) is 6.44. The number of pyridine rings is 1. The first-order valence-electron chi connectivity index (χ1n) is 11.1. The molecule has 172 valence electrons. The second kappa shape index (κ2) is 9.29. The number of aromatic nitrogens is 2. The number of thiocarbonyl (C=S) groups is 1. The van der Waals surface area contributed by atoms with Gasteiger partial charge in [-0.15, -0.1) is 0 Å². The van der Waals surface area contributed by atoms with Crippen LogP contribution in [0.5, 0.6) is 0 Å². The van der Waals surface area contributed by atoms with Crippen molar-refractivity contribution in [2.24, 2.45) is 0 Å². The van der Waals surface area contributed by atoms with Crippen LogP contribution in [-0.2, 0) is 0 Å². The van der Waals surface area contributed by atoms with E-state index in [0.29, 0.717) is 5.11 Å². The molecular formula is C27H24Br2N4S. The molecule has 4 nitrogen and oxygen atoms in total. The SMILES string of the molecule is Cc1cc(N2C(=S)N[C@@H](c3ccccn3)[C@@H]2c2cc(C)n(-c3ccccc3Br)c2C)ccc1Br. The lowest BCUT2D eigenvalue weighted by Crippen LogP contribution is -2.29. The number of anilines is 1. The molecule has 0 amide bonds. The molecule has 5 rings (SSSR count). The summed E-state index contributed by atoms with van der Waals surface area (Å²) >= 11 is 13.3. The Balaban J connectivity index is 1.70. The summed E-state index contributed by atoms with van der Waals surface area (Å²) in [6.07, 6.45) is 1.84. The minimum Gasteiger partial charge on any atom is -0.351 e. The molecule has 1 fully saturated rings. The van der Waals surface area contributed by atoms with Crippen LogP contribution in [0.3, 0.4) is 0 Å². The van der Waals surface area contributed by atoms with Crippen LogP contribution in [0.25, 0.3) is 5.69 Å². The molecule has 1 saturated heterocycles. The van der Waals surface area contributed by atoms with Crippen LogP contribution in [0.15, 0.2) is 81.9 Å². The van der Waals surface area contributed by atoms with Crippen LogP contribution >= 0.6 is 44.1 Å². The lowest BCUT2D eigenvalue weighted by molar-refractivity contribution is 0.565. The highest BCUT2D eigenvalue weighted by Crippen LogP contribution is 2.44. The highest BCUT2D eigenvalue weighted by atomic mass is 79.9. The van der Waals surface area contributed by atoms with E-state index in [1.54, 1.807) is 0 Å². The van der Waals surface area contributed by atoms with Crippen molar-refractivity contribution in [2.45, 2.75) is 32.9 Å². The molecule has 0 radical (unpaired) electrons. The molecule has 7 heteroatoms. The van der Waals surface area contributed by atoms with E-state index in [-0.39, 0.29) is 12.1 Å². The van der Waals surface area contributed by atoms with E-state index in [1.165, 1.54) is 22.5 Å². The van der Waals surface area contributed by atoms with Gasteiger partial charge in [0.2, 0.25) is 0 Å². The fourth-order valence-corrected chi connectivity index (χ4v) is 5.87. The summed E-state index contributed by atoms with van der Waals surface area (Å²) in [5, 5.41) is 4.28. The zero-order valence-corrected chi connectivity index (χ0v) is 23.1. The number of benzene rings is 2. The third-order valence-corrected chi connectivity index (χ3v) is 8.27. The third-order valence-electron chi connectivity index (χ3n) is 6.40. The molecule has 1 aliphatic rings. The molecule has 1 aliphatic heterocycles. The third kappa shape index (κ3) is 4.00. The van der Waals surface area contributed by atoms with Gasteiger partial charge in [0.1, 0.15) is 0 Å². The first-order valence-corrected chi connectivity index (χ1v) is 13.1. The van der Waals surface area contributed by atoms with E-state index in [1.807, 2.05) is 24.4 Å². The zero-order valence-electron chi connectivity index (χ0n) is 19.1. The predicted octanol–water partition coefficient (Wildman–Crippen LogP) is 7.50. The van der Waals surface area contributed by atoms with Gasteiger partial charge in [0, 0.05) is 32.2 Å². The quantitative estimate of drug-likeness (QED) is 0.248. The molecule has 0 aliphatic carbocycles. The second-order valence-electron chi connectivity index (χ2n) is 8.54. The van der Waals surface area contributed by atoms with Gasteiger partial charge >= 0.3 is 0 Å². The van der Waals surface area contributed by atoms with Crippen molar-refractivity contribution in [1.29, 1.82) is 0 Å². The van der Waals surface area contributed by atoms with Crippen molar-refractivity contribution in [3.63, 3.8) is 0 Å². The Kier molecular flexibility index (Phi) is 6.35. The van der Waals surface area contributed by atoms with Gasteiger partial charge in [0.15, 0.2) is 5.11 Å². The van der Waals surface area contributed by atoms with E-state index in [0.717, 1.165) is 26.0 Å². The Labute approximate surface area is 222 Å². The van der Waals surface area contributed by atoms with Crippen molar-refractivity contribution in [3.05, 3.63) is 110 Å². The monoisotopic (exact) mass is 594 g/mol. The van der Waals surface area contributed by atoms with Crippen LogP contribution in [0.1, 0.15) is 40.3 Å². The van der Waals surface area contributed by atoms with Gasteiger partial charge in [-0.2, -0.15) is 0 Å². The Morgan fingerprint density at radius 3 is 2.38 bits per heavy atom. The normalized spacial score (nSPS) is 17.8. The topological polar surface area (TPSA) is 33.1 Å². The fourth-order valence-electron chi connectivity index (χ4n) is 4.82. The van der Waals surface area contributed by atoms with Gasteiger partial charge in [-0.1, -0.05) is 34.1 Å². The van der Waals surface area contributed by atoms with Crippen molar-refractivity contribution < 1.29 is 0 Å². The highest BCUT2D eigenvalue weighted by molar-refractivity contribution is 9.10. The summed E-state index contributed by atoms with van der Waals surface area (Å²) in [4.78, 5) is 6.93. The number of aryl methyl sites for hydroxylation is 2. The lowest BCUT2D eigenvalue weighted by atomic mass is 9.96. The summed E-state index contributed by atoms with van der Waals surface area (Å²) in [5.74, 6) is 0. The van der Waals surface area contributed by atoms with Crippen LogP contribution < -0.4 is 10.2 Å². The van der Waals surface area contributed by atoms with Crippen LogP contribution in [0.2, 0.25) is 0 Å². The van der Waals surface area contributed by atoms with E-state index in [4.69, 9.17) is 17.2 Å². The van der Waals surface area contributed by atoms with Crippen molar-refractivity contribution in [2.75, 3.05) is 4.90 Å². The van der Waals surface area contributed by atoms with Crippen molar-refractivity contribution in [3.8, 4) is 5.69 Å². The number of rotatable bonds is 4. The lowest BCUT2D eigenvalue weighted by Gasteiger charge is -2.28. The smallest absolute Gasteiger partial charge is 0.174 e. The Hall–Kier alpha value is -2.48. The Morgan fingerprint density at radius 1 is 0.912 bits per heavy atom. The second-order valence-corrected chi connectivity index (χ2v) is 10.6. The summed E-state index contributed by atoms with van der Waals surface area (Å²) < 4.78 is 4.45. The number of para-hydroxylation sites is 1. The standard InChI is InChI=1S/C27H24Br2N4S/c1-16-14-19(11-12-21(16)28)33-26(25(31-27(33)34)23-9-6-7-13-30-23)20-15-17(2)32(18(20)3)24-10-5-4-8-22(24)29/h4-15,25-26H,1-3H3,(H,31,34)/t25-,26-/m0/s1. The number of hydrogen-bond donors (Lipinski definition) is 1. The van der Waals surface area contributed by atoms with E-state index < -0.39 is 0 Å². The number of halogens is 2. The Morgan fingerprint density at radius 2 is 1.68 bits per heavy atom. The summed E-state index contributed by atoms with van der Waals surface area (Å²) in [7, 11) is 0. The minimum atomic E-state index is -0.0779. The highest BCUT2D eigenvalue weighted by Gasteiger charge is 2.42. The number of nitrogens with zero attached hydrogens (tertiary/aromatic N) is 3. The average molecular weight is 596 g/mol. The first kappa shape index (κ1) is 23.3. The molecule has 2 atom stereocenters. The van der Waals surface area contributed by atoms with Gasteiger partial charge in [-0.05, 0) is 109 Å². The molecular weight excluding hydrogens is 572 g/mol. The minimum absolute atomic E-state index is 0.0505. The first-order chi connectivity index (χ1) is 16.4. The van der Waals surface area contributed by atoms with Gasteiger partial charge < -0.3 is 14.8 Å². The molecule has 3 heterocycles. The van der Waals surface area contributed by atoms with E-state index in [2.05, 4.69) is 116 Å². The zero-order chi connectivity index (χ0) is 24.0. The van der Waals surface area contributed by atoms with Crippen molar-refractivity contribution >= 4 is 54.9 Å². The predicted molar refractivity (Wildman–Crippen MR) is 150 cm³/mol. The number of nitrogens with one attached hydrogen (secondary N) is 1. The molecule has 0 spiro atoms. The van der Waals surface area contributed by atoms with E-state index >= 15 is 0 Å².